The molecule has 0 aromatic carbocycles. The molecule has 1 saturated heterocycles. The van der Waals surface area contributed by atoms with E-state index >= 15 is 0 Å². The summed E-state index contributed by atoms with van der Waals surface area (Å²) in [5, 5.41) is 12.2. The first-order chi connectivity index (χ1) is 8.25. The van der Waals surface area contributed by atoms with Crippen molar-refractivity contribution in [3.05, 3.63) is 28.2 Å². The highest BCUT2D eigenvalue weighted by Gasteiger charge is 2.16. The fourth-order valence-corrected chi connectivity index (χ4v) is 1.89. The van der Waals surface area contributed by atoms with Crippen LogP contribution in [0.25, 0.3) is 0 Å². The number of H-pyrrole nitrogens is 1. The third-order valence-electron chi connectivity index (χ3n) is 2.82. The number of rotatable bonds is 2. The van der Waals surface area contributed by atoms with E-state index in [1.807, 2.05) is 0 Å². The van der Waals surface area contributed by atoms with Crippen LogP contribution in [-0.2, 0) is 0 Å². The summed E-state index contributed by atoms with van der Waals surface area (Å²) < 4.78 is 0. The third-order valence-corrected chi connectivity index (χ3v) is 2.82. The molecule has 2 heterocycles. The van der Waals surface area contributed by atoms with Gasteiger partial charge in [-0.25, -0.2) is 5.10 Å². The minimum atomic E-state index is -0.305. The van der Waals surface area contributed by atoms with Gasteiger partial charge < -0.3 is 10.6 Å². The second kappa shape index (κ2) is 5.58. The van der Waals surface area contributed by atoms with Crippen molar-refractivity contribution in [1.29, 1.82) is 0 Å². The quantitative estimate of drug-likeness (QED) is 0.654. The molecule has 1 aromatic heterocycles. The normalized spacial score (nSPS) is 20.6. The van der Waals surface area contributed by atoms with Gasteiger partial charge in [0.25, 0.3) is 11.5 Å². The Balaban J connectivity index is 1.95. The van der Waals surface area contributed by atoms with E-state index in [-0.39, 0.29) is 23.2 Å². The van der Waals surface area contributed by atoms with Gasteiger partial charge in [-0.05, 0) is 38.4 Å². The third kappa shape index (κ3) is 3.39. The van der Waals surface area contributed by atoms with E-state index in [0.717, 1.165) is 32.4 Å². The molecule has 1 fully saturated rings. The molecule has 2 rings (SSSR count). The number of hydrogen-bond acceptors (Lipinski definition) is 4. The molecule has 0 aliphatic carbocycles. The first-order valence-corrected chi connectivity index (χ1v) is 5.83. The summed E-state index contributed by atoms with van der Waals surface area (Å²) in [7, 11) is 0. The average molecular weight is 236 g/mol. The van der Waals surface area contributed by atoms with E-state index in [1.54, 1.807) is 0 Å². The molecule has 6 heteroatoms. The molecular weight excluding hydrogens is 220 g/mol. The summed E-state index contributed by atoms with van der Waals surface area (Å²) in [4.78, 5) is 22.6. The number of carbonyl (C=O) groups is 1. The smallest absolute Gasteiger partial charge is 0.271 e. The van der Waals surface area contributed by atoms with E-state index in [1.165, 1.54) is 12.1 Å². The lowest BCUT2D eigenvalue weighted by Gasteiger charge is -2.15. The highest BCUT2D eigenvalue weighted by molar-refractivity contribution is 5.92. The molecule has 92 valence electrons. The average Bonchev–Trinajstić information content (AvgIpc) is 2.58. The van der Waals surface area contributed by atoms with Gasteiger partial charge in [0.2, 0.25) is 0 Å². The van der Waals surface area contributed by atoms with Crippen molar-refractivity contribution >= 4 is 5.91 Å². The summed E-state index contributed by atoms with van der Waals surface area (Å²) in [6, 6.07) is 2.92. The molecule has 0 saturated carbocycles. The Labute approximate surface area is 98.8 Å². The predicted octanol–water partition coefficient (Wildman–Crippen LogP) is -0.358. The van der Waals surface area contributed by atoms with E-state index in [9.17, 15) is 9.59 Å². The van der Waals surface area contributed by atoms with E-state index in [4.69, 9.17) is 0 Å². The van der Waals surface area contributed by atoms with E-state index in [2.05, 4.69) is 20.8 Å². The minimum absolute atomic E-state index is 0.186. The number of amides is 1. The molecule has 17 heavy (non-hydrogen) atoms. The van der Waals surface area contributed by atoms with Crippen molar-refractivity contribution in [1.82, 2.24) is 20.8 Å². The highest BCUT2D eigenvalue weighted by Crippen LogP contribution is 2.05. The summed E-state index contributed by atoms with van der Waals surface area (Å²) >= 11 is 0. The Morgan fingerprint density at radius 3 is 3.00 bits per heavy atom. The molecular formula is C11H16N4O2. The molecule has 1 aromatic rings. The molecule has 1 aliphatic heterocycles. The zero-order valence-corrected chi connectivity index (χ0v) is 9.53. The van der Waals surface area contributed by atoms with E-state index in [0.29, 0.717) is 0 Å². The van der Waals surface area contributed by atoms with Gasteiger partial charge in [0.05, 0.1) is 0 Å². The Kier molecular flexibility index (Phi) is 3.87. The first-order valence-electron chi connectivity index (χ1n) is 5.83. The monoisotopic (exact) mass is 236 g/mol. The van der Waals surface area contributed by atoms with Crippen LogP contribution in [0.5, 0.6) is 0 Å². The molecule has 1 atom stereocenters. The van der Waals surface area contributed by atoms with Crippen LogP contribution >= 0.6 is 0 Å². The Morgan fingerprint density at radius 1 is 1.35 bits per heavy atom. The van der Waals surface area contributed by atoms with Crippen LogP contribution in [-0.4, -0.2) is 35.2 Å². The molecule has 0 radical (unpaired) electrons. The van der Waals surface area contributed by atoms with Crippen molar-refractivity contribution in [2.24, 2.45) is 0 Å². The molecule has 0 bridgehead atoms. The van der Waals surface area contributed by atoms with Gasteiger partial charge >= 0.3 is 0 Å². The van der Waals surface area contributed by atoms with Crippen molar-refractivity contribution < 1.29 is 4.79 Å². The van der Waals surface area contributed by atoms with Crippen LogP contribution < -0.4 is 16.2 Å². The lowest BCUT2D eigenvalue weighted by Crippen LogP contribution is -2.36. The first kappa shape index (κ1) is 11.8. The number of hydrogen-bond donors (Lipinski definition) is 3. The van der Waals surface area contributed by atoms with Crippen LogP contribution in [0.15, 0.2) is 16.9 Å². The zero-order valence-electron chi connectivity index (χ0n) is 9.53. The van der Waals surface area contributed by atoms with Gasteiger partial charge in [0.1, 0.15) is 5.69 Å². The van der Waals surface area contributed by atoms with Crippen molar-refractivity contribution in [2.75, 3.05) is 13.1 Å². The fraction of sp³-hybridized carbons (Fsp3) is 0.545. The van der Waals surface area contributed by atoms with Gasteiger partial charge in [-0.1, -0.05) is 0 Å². The number of nitrogens with zero attached hydrogens (tertiary/aromatic N) is 1. The van der Waals surface area contributed by atoms with E-state index < -0.39 is 0 Å². The van der Waals surface area contributed by atoms with Gasteiger partial charge in [0.15, 0.2) is 0 Å². The molecule has 1 amide bonds. The SMILES string of the molecule is O=C(NC1CCCNCC1)c1ccc(=O)[nH]n1. The summed E-state index contributed by atoms with van der Waals surface area (Å²) in [5.41, 5.74) is -0.0537. The molecule has 1 aliphatic rings. The van der Waals surface area contributed by atoms with Crippen LogP contribution in [0.4, 0.5) is 0 Å². The lowest BCUT2D eigenvalue weighted by atomic mass is 10.1. The largest absolute Gasteiger partial charge is 0.348 e. The van der Waals surface area contributed by atoms with Crippen molar-refractivity contribution in [3.63, 3.8) is 0 Å². The van der Waals surface area contributed by atoms with Crippen molar-refractivity contribution in [3.8, 4) is 0 Å². The Bertz CT molecular complexity index is 415. The van der Waals surface area contributed by atoms with Crippen LogP contribution in [0.2, 0.25) is 0 Å². The maximum Gasteiger partial charge on any atom is 0.271 e. The van der Waals surface area contributed by atoms with Crippen LogP contribution in [0, 0.1) is 0 Å². The number of nitrogens with one attached hydrogen (secondary N) is 3. The molecule has 6 nitrogen and oxygen atoms in total. The molecule has 3 N–H and O–H groups in total. The maximum absolute atomic E-state index is 11.8. The fourth-order valence-electron chi connectivity index (χ4n) is 1.89. The van der Waals surface area contributed by atoms with Crippen LogP contribution in [0.3, 0.4) is 0 Å². The number of carbonyl (C=O) groups excluding carboxylic acids is 1. The zero-order chi connectivity index (χ0) is 12.1. The summed E-state index contributed by atoms with van der Waals surface area (Å²) in [5.74, 6) is -0.229. The second-order valence-corrected chi connectivity index (χ2v) is 4.16. The van der Waals surface area contributed by atoms with Crippen LogP contribution in [0.1, 0.15) is 29.8 Å². The highest BCUT2D eigenvalue weighted by atomic mass is 16.2. The second-order valence-electron chi connectivity index (χ2n) is 4.16. The molecule has 1 unspecified atom stereocenters. The summed E-state index contributed by atoms with van der Waals surface area (Å²) in [6.07, 6.45) is 2.96. The summed E-state index contributed by atoms with van der Waals surface area (Å²) in [6.45, 7) is 1.92. The van der Waals surface area contributed by atoms with Gasteiger partial charge in [-0.15, -0.1) is 0 Å². The minimum Gasteiger partial charge on any atom is -0.348 e. The lowest BCUT2D eigenvalue weighted by molar-refractivity contribution is 0.0928. The standard InChI is InChI=1S/C11H16N4O2/c16-10-4-3-9(14-15-10)11(17)13-8-2-1-6-12-7-5-8/h3-4,8,12H,1-2,5-7H2,(H,13,17)(H,15,16). The van der Waals surface area contributed by atoms with Gasteiger partial charge in [0, 0.05) is 12.1 Å². The Hall–Kier alpha value is -1.69. The van der Waals surface area contributed by atoms with Gasteiger partial charge in [-0.3, -0.25) is 9.59 Å². The number of aromatic amines is 1. The van der Waals surface area contributed by atoms with Gasteiger partial charge in [-0.2, -0.15) is 5.10 Å². The molecule has 0 spiro atoms. The number of aromatic nitrogens is 2. The van der Waals surface area contributed by atoms with Crippen molar-refractivity contribution in [2.45, 2.75) is 25.3 Å². The maximum atomic E-state index is 11.8. The Morgan fingerprint density at radius 2 is 2.24 bits per heavy atom. The predicted molar refractivity (Wildman–Crippen MR) is 62.8 cm³/mol. The topological polar surface area (TPSA) is 86.9 Å².